The van der Waals surface area contributed by atoms with Crippen molar-refractivity contribution in [1.82, 2.24) is 0 Å². The lowest BCUT2D eigenvalue weighted by Crippen LogP contribution is -2.05. The third-order valence-corrected chi connectivity index (χ3v) is 4.12. The van der Waals surface area contributed by atoms with Crippen LogP contribution in [-0.4, -0.2) is 5.91 Å². The smallest absolute Gasteiger partial charge is 0.221 e. The average molecular weight is 347 g/mol. The SMILES string of the molecule is CC(=O)Nc1ccc(Sc2ccc(C#N)c(Br)c2)cc1. The minimum Gasteiger partial charge on any atom is -0.326 e. The number of nitriles is 1. The first-order chi connectivity index (χ1) is 9.58. The molecule has 0 heterocycles. The molecule has 1 amide bonds. The number of benzene rings is 2. The van der Waals surface area contributed by atoms with Gasteiger partial charge in [-0.1, -0.05) is 11.8 Å². The Hall–Kier alpha value is -1.77. The van der Waals surface area contributed by atoms with Crippen molar-refractivity contribution in [2.75, 3.05) is 5.32 Å². The molecule has 0 fully saturated rings. The molecule has 2 rings (SSSR count). The van der Waals surface area contributed by atoms with Crippen LogP contribution in [0.2, 0.25) is 0 Å². The third kappa shape index (κ3) is 3.86. The van der Waals surface area contributed by atoms with E-state index in [4.69, 9.17) is 5.26 Å². The molecule has 20 heavy (non-hydrogen) atoms. The molecule has 0 radical (unpaired) electrons. The van der Waals surface area contributed by atoms with Crippen molar-refractivity contribution in [3.05, 3.63) is 52.5 Å². The zero-order valence-corrected chi connectivity index (χ0v) is 13.1. The van der Waals surface area contributed by atoms with Crippen LogP contribution < -0.4 is 5.32 Å². The molecular weight excluding hydrogens is 336 g/mol. The molecule has 1 N–H and O–H groups in total. The van der Waals surface area contributed by atoms with E-state index < -0.39 is 0 Å². The maximum Gasteiger partial charge on any atom is 0.221 e. The highest BCUT2D eigenvalue weighted by molar-refractivity contribution is 9.10. The van der Waals surface area contributed by atoms with E-state index in [1.165, 1.54) is 6.92 Å². The van der Waals surface area contributed by atoms with E-state index in [0.717, 1.165) is 20.0 Å². The number of anilines is 1. The lowest BCUT2D eigenvalue weighted by molar-refractivity contribution is -0.114. The van der Waals surface area contributed by atoms with Gasteiger partial charge >= 0.3 is 0 Å². The first-order valence-electron chi connectivity index (χ1n) is 5.83. The van der Waals surface area contributed by atoms with Gasteiger partial charge in [0.05, 0.1) is 5.56 Å². The number of amides is 1. The van der Waals surface area contributed by atoms with Crippen LogP contribution in [0.15, 0.2) is 56.7 Å². The van der Waals surface area contributed by atoms with Crippen LogP contribution in [0.1, 0.15) is 12.5 Å². The van der Waals surface area contributed by atoms with Crippen LogP contribution in [0.25, 0.3) is 0 Å². The maximum atomic E-state index is 10.9. The Morgan fingerprint density at radius 1 is 1.20 bits per heavy atom. The van der Waals surface area contributed by atoms with Gasteiger partial charge in [-0.2, -0.15) is 5.26 Å². The van der Waals surface area contributed by atoms with Gasteiger partial charge in [0.2, 0.25) is 5.91 Å². The van der Waals surface area contributed by atoms with Crippen molar-refractivity contribution in [3.63, 3.8) is 0 Å². The number of nitrogens with one attached hydrogen (secondary N) is 1. The largest absolute Gasteiger partial charge is 0.326 e. The number of carbonyl (C=O) groups excluding carboxylic acids is 1. The fourth-order valence-electron chi connectivity index (χ4n) is 1.60. The van der Waals surface area contributed by atoms with E-state index in [-0.39, 0.29) is 5.91 Å². The zero-order chi connectivity index (χ0) is 14.5. The summed E-state index contributed by atoms with van der Waals surface area (Å²) in [7, 11) is 0. The molecule has 100 valence electrons. The number of nitrogens with zero attached hydrogens (tertiary/aromatic N) is 1. The Bertz CT molecular complexity index is 677. The van der Waals surface area contributed by atoms with Crippen LogP contribution in [0.5, 0.6) is 0 Å². The van der Waals surface area contributed by atoms with E-state index in [9.17, 15) is 4.79 Å². The summed E-state index contributed by atoms with van der Waals surface area (Å²) in [5, 5.41) is 11.6. The first kappa shape index (κ1) is 14.6. The van der Waals surface area contributed by atoms with Crippen molar-refractivity contribution < 1.29 is 4.79 Å². The van der Waals surface area contributed by atoms with Gasteiger partial charge in [0, 0.05) is 26.9 Å². The second kappa shape index (κ2) is 6.60. The monoisotopic (exact) mass is 346 g/mol. The highest BCUT2D eigenvalue weighted by atomic mass is 79.9. The molecule has 0 spiro atoms. The lowest BCUT2D eigenvalue weighted by atomic mass is 10.2. The molecule has 0 bridgehead atoms. The molecular formula is C15H11BrN2OS. The summed E-state index contributed by atoms with van der Waals surface area (Å²) in [6.07, 6.45) is 0. The van der Waals surface area contributed by atoms with E-state index in [0.29, 0.717) is 5.56 Å². The van der Waals surface area contributed by atoms with Crippen LogP contribution in [0, 0.1) is 11.3 Å². The third-order valence-electron chi connectivity index (χ3n) is 2.47. The standard InChI is InChI=1S/C15H11BrN2OS/c1-10(19)18-12-3-6-13(7-4-12)20-14-5-2-11(9-17)15(16)8-14/h2-8H,1H3,(H,18,19). The Morgan fingerprint density at radius 2 is 1.85 bits per heavy atom. The Kier molecular flexibility index (Phi) is 4.83. The molecule has 0 unspecified atom stereocenters. The molecule has 0 saturated carbocycles. The Morgan fingerprint density at radius 3 is 2.40 bits per heavy atom. The normalized spacial score (nSPS) is 9.85. The van der Waals surface area contributed by atoms with Crippen LogP contribution in [-0.2, 0) is 4.79 Å². The summed E-state index contributed by atoms with van der Waals surface area (Å²) in [5.74, 6) is -0.0820. The first-order valence-corrected chi connectivity index (χ1v) is 7.44. The summed E-state index contributed by atoms with van der Waals surface area (Å²) < 4.78 is 0.792. The van der Waals surface area contributed by atoms with E-state index in [2.05, 4.69) is 27.3 Å². The predicted molar refractivity (Wildman–Crippen MR) is 83.7 cm³/mol. The van der Waals surface area contributed by atoms with Gasteiger partial charge in [-0.15, -0.1) is 0 Å². The molecule has 0 aromatic heterocycles. The molecule has 0 aliphatic carbocycles. The number of rotatable bonds is 3. The van der Waals surface area contributed by atoms with E-state index >= 15 is 0 Å². The second-order valence-electron chi connectivity index (χ2n) is 4.06. The molecule has 3 nitrogen and oxygen atoms in total. The van der Waals surface area contributed by atoms with Crippen LogP contribution in [0.3, 0.4) is 0 Å². The van der Waals surface area contributed by atoms with Gasteiger partial charge in [-0.25, -0.2) is 0 Å². The lowest BCUT2D eigenvalue weighted by Gasteiger charge is -2.05. The molecule has 5 heteroatoms. The second-order valence-corrected chi connectivity index (χ2v) is 6.06. The van der Waals surface area contributed by atoms with Gasteiger partial charge in [-0.3, -0.25) is 4.79 Å². The van der Waals surface area contributed by atoms with Gasteiger partial charge < -0.3 is 5.32 Å². The van der Waals surface area contributed by atoms with Gasteiger partial charge in [0.15, 0.2) is 0 Å². The van der Waals surface area contributed by atoms with E-state index in [1.54, 1.807) is 17.8 Å². The summed E-state index contributed by atoms with van der Waals surface area (Å²) >= 11 is 4.97. The molecule has 0 atom stereocenters. The number of hydrogen-bond donors (Lipinski definition) is 1. The minimum absolute atomic E-state index is 0.0820. The predicted octanol–water partition coefficient (Wildman–Crippen LogP) is 4.43. The molecule has 2 aromatic carbocycles. The quantitative estimate of drug-likeness (QED) is 0.894. The molecule has 2 aromatic rings. The molecule has 0 aliphatic heterocycles. The van der Waals surface area contributed by atoms with Gasteiger partial charge in [-0.05, 0) is 58.4 Å². The van der Waals surface area contributed by atoms with E-state index in [1.807, 2.05) is 36.4 Å². The van der Waals surface area contributed by atoms with Crippen molar-refractivity contribution in [1.29, 1.82) is 5.26 Å². The van der Waals surface area contributed by atoms with Crippen molar-refractivity contribution in [3.8, 4) is 6.07 Å². The fourth-order valence-corrected chi connectivity index (χ4v) is 3.07. The zero-order valence-electron chi connectivity index (χ0n) is 10.7. The fraction of sp³-hybridized carbons (Fsp3) is 0.0667. The molecule has 0 saturated heterocycles. The molecule has 0 aliphatic rings. The Balaban J connectivity index is 2.12. The highest BCUT2D eigenvalue weighted by Gasteiger charge is 2.03. The number of halogens is 1. The van der Waals surface area contributed by atoms with Crippen molar-refractivity contribution in [2.24, 2.45) is 0 Å². The number of carbonyl (C=O) groups is 1. The van der Waals surface area contributed by atoms with Crippen LogP contribution in [0.4, 0.5) is 5.69 Å². The van der Waals surface area contributed by atoms with Crippen LogP contribution >= 0.6 is 27.7 Å². The summed E-state index contributed by atoms with van der Waals surface area (Å²) in [4.78, 5) is 13.0. The average Bonchev–Trinajstić information content (AvgIpc) is 2.41. The summed E-state index contributed by atoms with van der Waals surface area (Å²) in [5.41, 5.74) is 1.40. The van der Waals surface area contributed by atoms with Crippen molar-refractivity contribution in [2.45, 2.75) is 16.7 Å². The van der Waals surface area contributed by atoms with Gasteiger partial charge in [0.25, 0.3) is 0 Å². The summed E-state index contributed by atoms with van der Waals surface area (Å²) in [6, 6.07) is 15.4. The summed E-state index contributed by atoms with van der Waals surface area (Å²) in [6.45, 7) is 1.48. The Labute approximate surface area is 130 Å². The number of hydrogen-bond acceptors (Lipinski definition) is 3. The minimum atomic E-state index is -0.0820. The highest BCUT2D eigenvalue weighted by Crippen LogP contribution is 2.31. The van der Waals surface area contributed by atoms with Gasteiger partial charge in [0.1, 0.15) is 6.07 Å². The maximum absolute atomic E-state index is 10.9. The topological polar surface area (TPSA) is 52.9 Å². The van der Waals surface area contributed by atoms with Crippen molar-refractivity contribution >= 4 is 39.3 Å².